The summed E-state index contributed by atoms with van der Waals surface area (Å²) in [5.41, 5.74) is 1.46. The topological polar surface area (TPSA) is 144 Å². The molecule has 3 aromatic heterocycles. The van der Waals surface area contributed by atoms with Gasteiger partial charge in [0.1, 0.15) is 11.7 Å². The predicted molar refractivity (Wildman–Crippen MR) is 152 cm³/mol. The second-order valence-corrected chi connectivity index (χ2v) is 10.2. The lowest BCUT2D eigenvalue weighted by molar-refractivity contribution is -0.384. The molecule has 0 fully saturated rings. The van der Waals surface area contributed by atoms with Crippen molar-refractivity contribution < 1.29 is 23.9 Å². The Balaban J connectivity index is 1.61. The molecule has 1 aromatic carbocycles. The number of thiazole rings is 1. The van der Waals surface area contributed by atoms with Crippen molar-refractivity contribution >= 4 is 57.4 Å². The van der Waals surface area contributed by atoms with Gasteiger partial charge in [-0.1, -0.05) is 23.7 Å². The van der Waals surface area contributed by atoms with E-state index >= 15 is 0 Å². The molecule has 214 valence electrons. The molecule has 0 N–H and O–H groups in total. The van der Waals surface area contributed by atoms with Crippen LogP contribution < -0.4 is 0 Å². The fraction of sp³-hybridized carbons (Fsp3) is 0.346. The van der Waals surface area contributed by atoms with Crippen LogP contribution in [-0.4, -0.2) is 54.7 Å². The van der Waals surface area contributed by atoms with Gasteiger partial charge in [-0.3, -0.25) is 14.7 Å². The number of esters is 1. The van der Waals surface area contributed by atoms with Gasteiger partial charge in [0, 0.05) is 23.9 Å². The van der Waals surface area contributed by atoms with Gasteiger partial charge in [0.15, 0.2) is 10.8 Å². The maximum Gasteiger partial charge on any atom is 0.345 e. The van der Waals surface area contributed by atoms with Gasteiger partial charge in [0.25, 0.3) is 5.69 Å². The lowest BCUT2D eigenvalue weighted by Crippen LogP contribution is -2.44. The Kier molecular flexibility index (Phi) is 9.85. The number of carbonyl (C=O) groups is 1. The van der Waals surface area contributed by atoms with Crippen LogP contribution in [-0.2, 0) is 31.0 Å². The third-order valence-corrected chi connectivity index (χ3v) is 6.98. The SMILES string of the molecule is C#CCC(OC(C)COC(Cc1ccc([N+](=O)[O-])cc1)(C(=O)OCC)c1cscn1)n1cnc2c(Cl)nc(Cl)nc21. The summed E-state index contributed by atoms with van der Waals surface area (Å²) < 4.78 is 19.6. The van der Waals surface area contributed by atoms with E-state index in [2.05, 4.69) is 25.9 Å². The first-order valence-electron chi connectivity index (χ1n) is 12.3. The Hall–Kier alpha value is -3.67. The third kappa shape index (κ3) is 6.80. The molecule has 0 aliphatic rings. The van der Waals surface area contributed by atoms with Gasteiger partial charge in [-0.05, 0) is 31.0 Å². The molecule has 0 radical (unpaired) electrons. The molecule has 41 heavy (non-hydrogen) atoms. The first-order valence-corrected chi connectivity index (χ1v) is 14.0. The van der Waals surface area contributed by atoms with Gasteiger partial charge in [0.2, 0.25) is 10.9 Å². The van der Waals surface area contributed by atoms with Gasteiger partial charge in [-0.2, -0.15) is 4.98 Å². The Morgan fingerprint density at radius 1 is 1.27 bits per heavy atom. The van der Waals surface area contributed by atoms with E-state index in [0.29, 0.717) is 22.4 Å². The van der Waals surface area contributed by atoms with Crippen molar-refractivity contribution in [2.75, 3.05) is 13.2 Å². The number of non-ortho nitro benzene ring substituents is 1. The minimum absolute atomic E-state index is 0.00808. The summed E-state index contributed by atoms with van der Waals surface area (Å²) in [5, 5.41) is 12.8. The molecule has 0 aliphatic heterocycles. The van der Waals surface area contributed by atoms with Crippen molar-refractivity contribution in [2.45, 2.75) is 44.6 Å². The van der Waals surface area contributed by atoms with Crippen LogP contribution in [0.4, 0.5) is 5.69 Å². The first kappa shape index (κ1) is 30.3. The minimum Gasteiger partial charge on any atom is -0.464 e. The van der Waals surface area contributed by atoms with Crippen LogP contribution in [0.5, 0.6) is 0 Å². The fourth-order valence-electron chi connectivity index (χ4n) is 4.08. The van der Waals surface area contributed by atoms with Gasteiger partial charge in [-0.15, -0.1) is 23.7 Å². The van der Waals surface area contributed by atoms with E-state index in [0.717, 1.165) is 0 Å². The number of hydrogen-bond acceptors (Lipinski definition) is 11. The van der Waals surface area contributed by atoms with E-state index < -0.39 is 28.8 Å². The predicted octanol–water partition coefficient (Wildman–Crippen LogP) is 5.14. The zero-order chi connectivity index (χ0) is 29.6. The normalized spacial score (nSPS) is 14.2. The molecule has 15 heteroatoms. The molecular weight excluding hydrogens is 595 g/mol. The number of nitro groups is 1. The molecule has 3 atom stereocenters. The van der Waals surface area contributed by atoms with E-state index in [1.54, 1.807) is 41.4 Å². The highest BCUT2D eigenvalue weighted by molar-refractivity contribution is 7.07. The zero-order valence-electron chi connectivity index (χ0n) is 21.9. The molecule has 3 unspecified atom stereocenters. The van der Waals surface area contributed by atoms with Crippen LogP contribution in [0.25, 0.3) is 11.2 Å². The number of carbonyl (C=O) groups excluding carboxylic acids is 1. The smallest absolute Gasteiger partial charge is 0.345 e. The van der Waals surface area contributed by atoms with E-state index in [9.17, 15) is 14.9 Å². The Morgan fingerprint density at radius 3 is 2.66 bits per heavy atom. The molecule has 0 saturated carbocycles. The number of hydrogen-bond donors (Lipinski definition) is 0. The van der Waals surface area contributed by atoms with Crippen LogP contribution in [0, 0.1) is 22.5 Å². The number of nitro benzene ring substituents is 1. The van der Waals surface area contributed by atoms with Crippen molar-refractivity contribution in [1.29, 1.82) is 0 Å². The summed E-state index contributed by atoms with van der Waals surface area (Å²) in [4.78, 5) is 40.8. The van der Waals surface area contributed by atoms with Gasteiger partial charge < -0.3 is 14.2 Å². The largest absolute Gasteiger partial charge is 0.464 e. The number of halogens is 2. The summed E-state index contributed by atoms with van der Waals surface area (Å²) in [6, 6.07) is 5.85. The van der Waals surface area contributed by atoms with Crippen LogP contribution in [0.15, 0.2) is 41.5 Å². The third-order valence-electron chi connectivity index (χ3n) is 5.96. The number of ether oxygens (including phenoxy) is 3. The van der Waals surface area contributed by atoms with Crippen LogP contribution >= 0.6 is 34.5 Å². The number of benzene rings is 1. The standard InChI is InChI=1S/C26H24Cl2N6O6S/c1-4-6-20(33-14-29-21-22(27)31-25(28)32-23(21)33)40-16(3)12-39-26(24(35)38-5-2,19-13-41-15-30-19)11-17-7-9-18(10-8-17)34(36)37/h1,7-10,13-16,20H,5-6,11-12H2,2-3H3. The number of rotatable bonds is 13. The molecule has 12 nitrogen and oxygen atoms in total. The number of fused-ring (bicyclic) bond motifs is 1. The van der Waals surface area contributed by atoms with Crippen molar-refractivity contribution in [2.24, 2.45) is 0 Å². The zero-order valence-corrected chi connectivity index (χ0v) is 24.2. The molecule has 0 spiro atoms. The molecule has 0 amide bonds. The van der Waals surface area contributed by atoms with E-state index in [4.69, 9.17) is 43.8 Å². The highest BCUT2D eigenvalue weighted by Gasteiger charge is 2.45. The average Bonchev–Trinajstić information content (AvgIpc) is 3.62. The van der Waals surface area contributed by atoms with Gasteiger partial charge in [0.05, 0.1) is 48.2 Å². The molecule has 0 bridgehead atoms. The lowest BCUT2D eigenvalue weighted by Gasteiger charge is -2.32. The molecule has 4 rings (SSSR count). The van der Waals surface area contributed by atoms with E-state index in [-0.39, 0.29) is 42.2 Å². The number of nitrogens with zero attached hydrogens (tertiary/aromatic N) is 6. The molecule has 0 aliphatic carbocycles. The summed E-state index contributed by atoms with van der Waals surface area (Å²) in [7, 11) is 0. The van der Waals surface area contributed by atoms with Crippen molar-refractivity contribution in [3.8, 4) is 12.3 Å². The summed E-state index contributed by atoms with van der Waals surface area (Å²) in [6.45, 7) is 3.46. The molecule has 3 heterocycles. The average molecular weight is 619 g/mol. The second kappa shape index (κ2) is 13.3. The summed E-state index contributed by atoms with van der Waals surface area (Å²) in [6.07, 6.45) is 5.92. The molecular formula is C26H24Cl2N6O6S. The van der Waals surface area contributed by atoms with Crippen molar-refractivity contribution in [3.63, 3.8) is 0 Å². The summed E-state index contributed by atoms with van der Waals surface area (Å²) >= 11 is 13.5. The second-order valence-electron chi connectivity index (χ2n) is 8.75. The highest BCUT2D eigenvalue weighted by Crippen LogP contribution is 2.34. The first-order chi connectivity index (χ1) is 19.7. The summed E-state index contributed by atoms with van der Waals surface area (Å²) in [5.74, 6) is 1.92. The van der Waals surface area contributed by atoms with Crippen molar-refractivity contribution in [3.05, 3.63) is 73.3 Å². The minimum atomic E-state index is -1.65. The van der Waals surface area contributed by atoms with Crippen molar-refractivity contribution in [1.82, 2.24) is 24.5 Å². The molecule has 0 saturated heterocycles. The monoisotopic (exact) mass is 618 g/mol. The molecule has 4 aromatic rings. The van der Waals surface area contributed by atoms with Crippen LogP contribution in [0.1, 0.15) is 37.8 Å². The van der Waals surface area contributed by atoms with Crippen LogP contribution in [0.3, 0.4) is 0 Å². The number of terminal acetylenes is 1. The van der Waals surface area contributed by atoms with Gasteiger partial charge in [-0.25, -0.2) is 19.7 Å². The Morgan fingerprint density at radius 2 is 2.02 bits per heavy atom. The Bertz CT molecular complexity index is 1560. The Labute approximate surface area is 248 Å². The van der Waals surface area contributed by atoms with Gasteiger partial charge >= 0.3 is 5.97 Å². The number of imidazole rings is 1. The number of aromatic nitrogens is 5. The maximum absolute atomic E-state index is 13.5. The van der Waals surface area contributed by atoms with Crippen LogP contribution in [0.2, 0.25) is 10.4 Å². The highest BCUT2D eigenvalue weighted by atomic mass is 35.5. The lowest BCUT2D eigenvalue weighted by atomic mass is 9.91. The quantitative estimate of drug-likeness (QED) is 0.0493. The maximum atomic E-state index is 13.5. The van der Waals surface area contributed by atoms with E-state index in [1.165, 1.54) is 29.8 Å². The van der Waals surface area contributed by atoms with E-state index in [1.807, 2.05) is 0 Å². The fourth-order valence-corrected chi connectivity index (χ4v) is 5.12.